The predicted molar refractivity (Wildman–Crippen MR) is 84.1 cm³/mol. The molecule has 3 heteroatoms. The van der Waals surface area contributed by atoms with Gasteiger partial charge < -0.3 is 11.1 Å². The highest BCUT2D eigenvalue weighted by molar-refractivity contribution is 9.10. The van der Waals surface area contributed by atoms with Crippen LogP contribution >= 0.6 is 15.9 Å². The molecule has 1 rings (SSSR count). The molecule has 0 aliphatic heterocycles. The first-order chi connectivity index (χ1) is 8.65. The molecule has 1 unspecified atom stereocenters. The van der Waals surface area contributed by atoms with Gasteiger partial charge in [-0.3, -0.25) is 0 Å². The summed E-state index contributed by atoms with van der Waals surface area (Å²) in [5, 5.41) is 3.53. The third kappa shape index (κ3) is 5.87. The Morgan fingerprint density at radius 2 is 2.00 bits per heavy atom. The van der Waals surface area contributed by atoms with Crippen molar-refractivity contribution < 1.29 is 0 Å². The highest BCUT2D eigenvalue weighted by Crippen LogP contribution is 2.20. The predicted octanol–water partition coefficient (Wildman–Crippen LogP) is 4.47. The van der Waals surface area contributed by atoms with Gasteiger partial charge in [-0.2, -0.15) is 0 Å². The van der Waals surface area contributed by atoms with E-state index in [1.165, 1.54) is 31.2 Å². The fraction of sp³-hybridized carbons (Fsp3) is 0.600. The fourth-order valence-electron chi connectivity index (χ4n) is 2.12. The Bertz CT molecular complexity index is 332. The van der Waals surface area contributed by atoms with Gasteiger partial charge in [0.1, 0.15) is 0 Å². The average molecular weight is 313 g/mol. The lowest BCUT2D eigenvalue weighted by Gasteiger charge is -2.18. The van der Waals surface area contributed by atoms with Gasteiger partial charge in [0.25, 0.3) is 0 Å². The zero-order valence-corrected chi connectivity index (χ0v) is 13.1. The van der Waals surface area contributed by atoms with Gasteiger partial charge in [0.2, 0.25) is 0 Å². The van der Waals surface area contributed by atoms with Gasteiger partial charge in [0, 0.05) is 22.7 Å². The summed E-state index contributed by atoms with van der Waals surface area (Å²) < 4.78 is 1.12. The van der Waals surface area contributed by atoms with Crippen LogP contribution in [0.4, 0.5) is 5.69 Å². The molecule has 102 valence electrons. The molecule has 0 fully saturated rings. The minimum Gasteiger partial charge on any atom is -0.381 e. The molecule has 0 saturated heterocycles. The fourth-order valence-corrected chi connectivity index (χ4v) is 2.73. The highest BCUT2D eigenvalue weighted by Gasteiger charge is 2.06. The molecule has 1 aromatic rings. The molecule has 1 atom stereocenters. The summed E-state index contributed by atoms with van der Waals surface area (Å²) in [7, 11) is 0. The zero-order chi connectivity index (χ0) is 13.4. The van der Waals surface area contributed by atoms with E-state index in [9.17, 15) is 0 Å². The summed E-state index contributed by atoms with van der Waals surface area (Å²) in [5.41, 5.74) is 8.26. The van der Waals surface area contributed by atoms with Gasteiger partial charge in [-0.1, -0.05) is 48.5 Å². The third-order valence-electron chi connectivity index (χ3n) is 3.10. The molecular formula is C15H25BrN2. The Morgan fingerprint density at radius 1 is 1.22 bits per heavy atom. The van der Waals surface area contributed by atoms with Crippen molar-refractivity contribution >= 4 is 21.6 Å². The number of nitrogens with one attached hydrogen (secondary N) is 1. The zero-order valence-electron chi connectivity index (χ0n) is 11.5. The molecule has 0 heterocycles. The van der Waals surface area contributed by atoms with Crippen LogP contribution in [0.5, 0.6) is 0 Å². The van der Waals surface area contributed by atoms with Crippen molar-refractivity contribution in [3.63, 3.8) is 0 Å². The lowest BCUT2D eigenvalue weighted by atomic mass is 10.1. The van der Waals surface area contributed by atoms with E-state index in [4.69, 9.17) is 5.73 Å². The second-order valence-electron chi connectivity index (χ2n) is 4.94. The van der Waals surface area contributed by atoms with Gasteiger partial charge in [-0.15, -0.1) is 0 Å². The molecular weight excluding hydrogens is 288 g/mol. The van der Waals surface area contributed by atoms with E-state index in [1.807, 2.05) is 0 Å². The van der Waals surface area contributed by atoms with E-state index in [-0.39, 0.29) is 0 Å². The summed E-state index contributed by atoms with van der Waals surface area (Å²) in [6.45, 7) is 5.04. The first-order valence-electron chi connectivity index (χ1n) is 6.89. The molecule has 0 saturated carbocycles. The minimum atomic E-state index is 0.385. The summed E-state index contributed by atoms with van der Waals surface area (Å²) in [6, 6.07) is 6.78. The van der Waals surface area contributed by atoms with Crippen molar-refractivity contribution in [3.8, 4) is 0 Å². The minimum absolute atomic E-state index is 0.385. The Hall–Kier alpha value is -0.540. The molecule has 0 aromatic heterocycles. The van der Waals surface area contributed by atoms with Crippen LogP contribution < -0.4 is 11.1 Å². The molecule has 0 amide bonds. The van der Waals surface area contributed by atoms with Gasteiger partial charge in [0.15, 0.2) is 0 Å². The topological polar surface area (TPSA) is 38.0 Å². The smallest absolute Gasteiger partial charge is 0.0383 e. The molecule has 0 spiro atoms. The SMILES string of the molecule is CCCCCCC(CN)Nc1cc(C)cc(Br)c1. The van der Waals surface area contributed by atoms with Crippen LogP contribution in [0.15, 0.2) is 22.7 Å². The van der Waals surface area contributed by atoms with Gasteiger partial charge in [-0.05, 0) is 37.1 Å². The molecule has 2 nitrogen and oxygen atoms in total. The maximum Gasteiger partial charge on any atom is 0.0383 e. The van der Waals surface area contributed by atoms with E-state index in [2.05, 4.69) is 53.3 Å². The summed E-state index contributed by atoms with van der Waals surface area (Å²) >= 11 is 3.53. The van der Waals surface area contributed by atoms with Crippen LogP contribution in [0.1, 0.15) is 44.6 Å². The quantitative estimate of drug-likeness (QED) is 0.695. The van der Waals surface area contributed by atoms with Crippen molar-refractivity contribution in [2.24, 2.45) is 5.73 Å². The van der Waals surface area contributed by atoms with Crippen molar-refractivity contribution in [3.05, 3.63) is 28.2 Å². The van der Waals surface area contributed by atoms with Crippen LogP contribution in [0.3, 0.4) is 0 Å². The Morgan fingerprint density at radius 3 is 2.61 bits per heavy atom. The first-order valence-corrected chi connectivity index (χ1v) is 7.68. The molecule has 18 heavy (non-hydrogen) atoms. The lowest BCUT2D eigenvalue weighted by molar-refractivity contribution is 0.575. The number of benzene rings is 1. The van der Waals surface area contributed by atoms with Crippen LogP contribution in [0.25, 0.3) is 0 Å². The van der Waals surface area contributed by atoms with E-state index < -0.39 is 0 Å². The van der Waals surface area contributed by atoms with Crippen LogP contribution in [0.2, 0.25) is 0 Å². The molecule has 0 aliphatic carbocycles. The number of hydrogen-bond acceptors (Lipinski definition) is 2. The Kier molecular flexibility index (Phi) is 7.36. The van der Waals surface area contributed by atoms with Crippen molar-refractivity contribution in [2.45, 2.75) is 52.0 Å². The molecule has 0 aliphatic rings. The summed E-state index contributed by atoms with van der Waals surface area (Å²) in [5.74, 6) is 0. The van der Waals surface area contributed by atoms with Gasteiger partial charge in [0.05, 0.1) is 0 Å². The van der Waals surface area contributed by atoms with Crippen LogP contribution in [0, 0.1) is 6.92 Å². The maximum atomic E-state index is 5.84. The highest BCUT2D eigenvalue weighted by atomic mass is 79.9. The first kappa shape index (κ1) is 15.5. The van der Waals surface area contributed by atoms with E-state index >= 15 is 0 Å². The molecule has 3 N–H and O–H groups in total. The number of halogens is 1. The number of anilines is 1. The van der Waals surface area contributed by atoms with Crippen molar-refractivity contribution in [1.29, 1.82) is 0 Å². The standard InChI is InChI=1S/C15H25BrN2/c1-3-4-5-6-7-14(11-17)18-15-9-12(2)8-13(16)10-15/h8-10,14,18H,3-7,11,17H2,1-2H3. The average Bonchev–Trinajstić information content (AvgIpc) is 2.32. The largest absolute Gasteiger partial charge is 0.381 e. The van der Waals surface area contributed by atoms with E-state index in [1.54, 1.807) is 0 Å². The monoisotopic (exact) mass is 312 g/mol. The van der Waals surface area contributed by atoms with Crippen molar-refractivity contribution in [1.82, 2.24) is 0 Å². The Labute approximate surface area is 119 Å². The third-order valence-corrected chi connectivity index (χ3v) is 3.56. The molecule has 0 radical (unpaired) electrons. The molecule has 1 aromatic carbocycles. The van der Waals surface area contributed by atoms with E-state index in [0.717, 1.165) is 16.6 Å². The molecule has 0 bridgehead atoms. The number of aryl methyl sites for hydroxylation is 1. The van der Waals surface area contributed by atoms with Gasteiger partial charge >= 0.3 is 0 Å². The van der Waals surface area contributed by atoms with Gasteiger partial charge in [-0.25, -0.2) is 0 Å². The Balaban J connectivity index is 2.46. The second-order valence-corrected chi connectivity index (χ2v) is 5.86. The number of rotatable bonds is 8. The van der Waals surface area contributed by atoms with Crippen LogP contribution in [-0.4, -0.2) is 12.6 Å². The van der Waals surface area contributed by atoms with Crippen LogP contribution in [-0.2, 0) is 0 Å². The number of nitrogens with two attached hydrogens (primary N) is 1. The van der Waals surface area contributed by atoms with E-state index in [0.29, 0.717) is 12.6 Å². The van der Waals surface area contributed by atoms with Crippen molar-refractivity contribution in [2.75, 3.05) is 11.9 Å². The summed E-state index contributed by atoms with van der Waals surface area (Å²) in [6.07, 6.45) is 6.34. The maximum absolute atomic E-state index is 5.84. The number of hydrogen-bond donors (Lipinski definition) is 2. The lowest BCUT2D eigenvalue weighted by Crippen LogP contribution is -2.28. The second kappa shape index (κ2) is 8.54. The normalized spacial score (nSPS) is 12.4. The number of unbranched alkanes of at least 4 members (excludes halogenated alkanes) is 3. The summed E-state index contributed by atoms with van der Waals surface area (Å²) in [4.78, 5) is 0.